The molecule has 1 atom stereocenters. The summed E-state index contributed by atoms with van der Waals surface area (Å²) in [6, 6.07) is 0. The molecule has 1 N–H and O–H groups in total. The van der Waals surface area contributed by atoms with E-state index < -0.39 is 0 Å². The third kappa shape index (κ3) is 3.94. The van der Waals surface area contributed by atoms with Crippen LogP contribution >= 0.6 is 12.4 Å². The summed E-state index contributed by atoms with van der Waals surface area (Å²) in [5, 5.41) is 7.81. The van der Waals surface area contributed by atoms with E-state index in [1.165, 1.54) is 42.9 Å². The highest BCUT2D eigenvalue weighted by Crippen LogP contribution is 2.20. The molecular weight excluding hydrogens is 260 g/mol. The Morgan fingerprint density at radius 3 is 2.68 bits per heavy atom. The number of aromatic nitrogens is 2. The van der Waals surface area contributed by atoms with Crippen LogP contribution < -0.4 is 5.32 Å². The molecule has 0 radical (unpaired) electrons. The molecule has 1 aromatic heterocycles. The van der Waals surface area contributed by atoms with Gasteiger partial charge in [0.25, 0.3) is 0 Å². The Bertz CT molecular complexity index is 400. The van der Waals surface area contributed by atoms with Crippen molar-refractivity contribution in [2.75, 3.05) is 26.7 Å². The molecule has 4 nitrogen and oxygen atoms in total. The summed E-state index contributed by atoms with van der Waals surface area (Å²) < 4.78 is 2.00. The van der Waals surface area contributed by atoms with Crippen molar-refractivity contribution < 1.29 is 0 Å². The van der Waals surface area contributed by atoms with Crippen molar-refractivity contribution >= 4 is 12.4 Å². The molecule has 1 aliphatic rings. The fraction of sp³-hybridized carbons (Fsp3) is 0.786. The van der Waals surface area contributed by atoms with Gasteiger partial charge in [-0.2, -0.15) is 5.10 Å². The third-order valence-electron chi connectivity index (χ3n) is 4.14. The van der Waals surface area contributed by atoms with Crippen molar-refractivity contribution in [3.8, 4) is 0 Å². The Balaban J connectivity index is 0.00000180. The number of hydrogen-bond acceptors (Lipinski definition) is 3. The van der Waals surface area contributed by atoms with Gasteiger partial charge in [0.05, 0.1) is 5.69 Å². The van der Waals surface area contributed by atoms with E-state index in [4.69, 9.17) is 0 Å². The molecule has 0 bridgehead atoms. The molecule has 19 heavy (non-hydrogen) atoms. The standard InChI is InChI=1S/C14H26N4.ClH/c1-11-14(12(2)17(4)16-11)10-18-7-5-6-13(9-18)8-15-3;/h13,15H,5-10H2,1-4H3;1H. The number of likely N-dealkylation sites (tertiary alicyclic amines) is 1. The van der Waals surface area contributed by atoms with Gasteiger partial charge in [-0.05, 0) is 52.7 Å². The fourth-order valence-corrected chi connectivity index (χ4v) is 3.02. The molecule has 110 valence electrons. The predicted octanol–water partition coefficient (Wildman–Crippen LogP) is 1.89. The molecule has 5 heteroatoms. The van der Waals surface area contributed by atoms with E-state index in [-0.39, 0.29) is 12.4 Å². The first kappa shape index (κ1) is 16.5. The number of hydrogen-bond donors (Lipinski definition) is 1. The topological polar surface area (TPSA) is 33.1 Å². The Morgan fingerprint density at radius 1 is 1.37 bits per heavy atom. The van der Waals surface area contributed by atoms with Gasteiger partial charge in [0.1, 0.15) is 0 Å². The summed E-state index contributed by atoms with van der Waals surface area (Å²) >= 11 is 0. The fourth-order valence-electron chi connectivity index (χ4n) is 3.02. The van der Waals surface area contributed by atoms with E-state index in [0.29, 0.717) is 0 Å². The van der Waals surface area contributed by atoms with Crippen LogP contribution in [-0.2, 0) is 13.6 Å². The molecule has 1 fully saturated rings. The van der Waals surface area contributed by atoms with E-state index >= 15 is 0 Å². The molecular formula is C14H27ClN4. The number of rotatable bonds is 4. The molecule has 0 aliphatic carbocycles. The first-order valence-corrected chi connectivity index (χ1v) is 6.97. The Hall–Kier alpha value is -0.580. The van der Waals surface area contributed by atoms with Crippen LogP contribution in [0, 0.1) is 19.8 Å². The molecule has 0 aromatic carbocycles. The highest BCUT2D eigenvalue weighted by Gasteiger charge is 2.21. The lowest BCUT2D eigenvalue weighted by Gasteiger charge is -2.32. The van der Waals surface area contributed by atoms with Gasteiger partial charge in [0.15, 0.2) is 0 Å². The number of nitrogens with zero attached hydrogens (tertiary/aromatic N) is 3. The summed E-state index contributed by atoms with van der Waals surface area (Å²) in [5.74, 6) is 0.807. The summed E-state index contributed by atoms with van der Waals surface area (Å²) in [6.07, 6.45) is 2.69. The lowest BCUT2D eigenvalue weighted by atomic mass is 9.97. The van der Waals surface area contributed by atoms with Crippen LogP contribution in [-0.4, -0.2) is 41.4 Å². The predicted molar refractivity (Wildman–Crippen MR) is 81.9 cm³/mol. The minimum Gasteiger partial charge on any atom is -0.319 e. The summed E-state index contributed by atoms with van der Waals surface area (Å²) in [5.41, 5.74) is 3.91. The minimum atomic E-state index is 0. The average Bonchev–Trinajstić information content (AvgIpc) is 2.57. The van der Waals surface area contributed by atoms with Crippen molar-refractivity contribution in [3.63, 3.8) is 0 Å². The summed E-state index contributed by atoms with van der Waals surface area (Å²) in [6.45, 7) is 8.94. The zero-order chi connectivity index (χ0) is 13.1. The molecule has 2 rings (SSSR count). The number of halogens is 1. The quantitative estimate of drug-likeness (QED) is 0.918. The second-order valence-corrected chi connectivity index (χ2v) is 5.57. The number of piperidine rings is 1. The molecule has 1 unspecified atom stereocenters. The maximum Gasteiger partial charge on any atom is 0.0641 e. The van der Waals surface area contributed by atoms with Crippen LogP contribution in [0.2, 0.25) is 0 Å². The van der Waals surface area contributed by atoms with E-state index in [2.05, 4.69) is 29.2 Å². The van der Waals surface area contributed by atoms with Crippen molar-refractivity contribution in [2.45, 2.75) is 33.2 Å². The van der Waals surface area contributed by atoms with Gasteiger partial charge in [-0.3, -0.25) is 9.58 Å². The van der Waals surface area contributed by atoms with E-state index in [0.717, 1.165) is 19.0 Å². The lowest BCUT2D eigenvalue weighted by molar-refractivity contribution is 0.166. The number of aryl methyl sites for hydroxylation is 2. The van der Waals surface area contributed by atoms with E-state index in [9.17, 15) is 0 Å². The van der Waals surface area contributed by atoms with Crippen LogP contribution in [0.3, 0.4) is 0 Å². The monoisotopic (exact) mass is 286 g/mol. The van der Waals surface area contributed by atoms with Gasteiger partial charge in [-0.25, -0.2) is 0 Å². The number of nitrogens with one attached hydrogen (secondary N) is 1. The normalized spacial score (nSPS) is 20.3. The maximum absolute atomic E-state index is 4.51. The smallest absolute Gasteiger partial charge is 0.0641 e. The first-order chi connectivity index (χ1) is 8.61. The molecule has 0 saturated carbocycles. The highest BCUT2D eigenvalue weighted by molar-refractivity contribution is 5.85. The minimum absolute atomic E-state index is 0. The van der Waals surface area contributed by atoms with Crippen LogP contribution in [0.5, 0.6) is 0 Å². The van der Waals surface area contributed by atoms with Crippen molar-refractivity contribution in [3.05, 3.63) is 17.0 Å². The van der Waals surface area contributed by atoms with Crippen molar-refractivity contribution in [1.29, 1.82) is 0 Å². The maximum atomic E-state index is 4.51. The van der Waals surface area contributed by atoms with E-state index in [1.54, 1.807) is 0 Å². The van der Waals surface area contributed by atoms with E-state index in [1.807, 2.05) is 18.8 Å². The Labute approximate surface area is 123 Å². The zero-order valence-electron chi connectivity index (χ0n) is 12.6. The second kappa shape index (κ2) is 7.27. The van der Waals surface area contributed by atoms with Gasteiger partial charge in [-0.1, -0.05) is 0 Å². The molecule has 1 saturated heterocycles. The van der Waals surface area contributed by atoms with Gasteiger partial charge in [-0.15, -0.1) is 12.4 Å². The van der Waals surface area contributed by atoms with Gasteiger partial charge >= 0.3 is 0 Å². The van der Waals surface area contributed by atoms with Crippen molar-refractivity contribution in [2.24, 2.45) is 13.0 Å². The molecule has 0 spiro atoms. The molecule has 1 aliphatic heterocycles. The average molecular weight is 287 g/mol. The van der Waals surface area contributed by atoms with Gasteiger partial charge < -0.3 is 5.32 Å². The van der Waals surface area contributed by atoms with Crippen molar-refractivity contribution in [1.82, 2.24) is 20.0 Å². The van der Waals surface area contributed by atoms with Gasteiger partial charge in [0, 0.05) is 31.4 Å². The van der Waals surface area contributed by atoms with Crippen LogP contribution in [0.1, 0.15) is 29.8 Å². The van der Waals surface area contributed by atoms with Gasteiger partial charge in [0.2, 0.25) is 0 Å². The largest absolute Gasteiger partial charge is 0.319 e. The SMILES string of the molecule is CNCC1CCCN(Cc2c(C)nn(C)c2C)C1.Cl. The Kier molecular flexibility index (Phi) is 6.30. The second-order valence-electron chi connectivity index (χ2n) is 5.57. The van der Waals surface area contributed by atoms with Crippen LogP contribution in [0.4, 0.5) is 0 Å². The summed E-state index contributed by atoms with van der Waals surface area (Å²) in [4.78, 5) is 2.59. The van der Waals surface area contributed by atoms with Crippen LogP contribution in [0.25, 0.3) is 0 Å². The third-order valence-corrected chi connectivity index (χ3v) is 4.14. The summed E-state index contributed by atoms with van der Waals surface area (Å²) in [7, 11) is 4.08. The zero-order valence-corrected chi connectivity index (χ0v) is 13.4. The van der Waals surface area contributed by atoms with Crippen LogP contribution in [0.15, 0.2) is 0 Å². The first-order valence-electron chi connectivity index (χ1n) is 6.97. The molecule has 0 amide bonds. The highest BCUT2D eigenvalue weighted by atomic mass is 35.5. The Morgan fingerprint density at radius 2 is 2.11 bits per heavy atom. The molecule has 2 heterocycles. The lowest BCUT2D eigenvalue weighted by Crippen LogP contribution is -2.38. The molecule has 1 aromatic rings.